The van der Waals surface area contributed by atoms with Gasteiger partial charge in [0, 0.05) is 19.6 Å². The number of nitrogens with zero attached hydrogens (tertiary/aromatic N) is 3. The minimum absolute atomic E-state index is 0.0282. The van der Waals surface area contributed by atoms with E-state index < -0.39 is 12.0 Å². The number of ether oxygens (including phenoxy) is 2. The third-order valence-electron chi connectivity index (χ3n) is 6.01. The van der Waals surface area contributed by atoms with Crippen molar-refractivity contribution in [2.75, 3.05) is 37.8 Å². The van der Waals surface area contributed by atoms with Crippen molar-refractivity contribution in [1.29, 1.82) is 0 Å². The second kappa shape index (κ2) is 13.0. The minimum atomic E-state index is -0.893. The number of aliphatic imine (C=N–C) groups is 1. The van der Waals surface area contributed by atoms with Crippen LogP contribution in [0.25, 0.3) is 0 Å². The molecule has 0 spiro atoms. The number of nitrogens with one attached hydrogen (secondary N) is 1. The van der Waals surface area contributed by atoms with Crippen LogP contribution in [0.15, 0.2) is 29.3 Å². The van der Waals surface area contributed by atoms with Gasteiger partial charge in [0.1, 0.15) is 24.3 Å². The van der Waals surface area contributed by atoms with Crippen LogP contribution in [-0.4, -0.2) is 64.4 Å². The van der Waals surface area contributed by atoms with Crippen LogP contribution in [0.4, 0.5) is 11.6 Å². The Kier molecular flexibility index (Phi) is 10.0. The molecule has 2 atom stereocenters. The fraction of sp³-hybridized carbons (Fsp3) is 0.520. The third kappa shape index (κ3) is 8.81. The molecule has 0 saturated carbocycles. The molecule has 11 nitrogen and oxygen atoms in total. The number of amides is 1. The first-order chi connectivity index (χ1) is 17.6. The van der Waals surface area contributed by atoms with Crippen molar-refractivity contribution < 1.29 is 24.5 Å². The molecule has 0 fully saturated rings. The van der Waals surface area contributed by atoms with E-state index >= 15 is 0 Å². The van der Waals surface area contributed by atoms with Gasteiger partial charge in [-0.1, -0.05) is 37.6 Å². The number of carbonyl (C=O) groups is 1. The van der Waals surface area contributed by atoms with E-state index in [0.717, 1.165) is 18.4 Å². The molecule has 1 aromatic heterocycles. The Morgan fingerprint density at radius 2 is 1.97 bits per heavy atom. The predicted molar refractivity (Wildman–Crippen MR) is 141 cm³/mol. The summed E-state index contributed by atoms with van der Waals surface area (Å²) in [5, 5.41) is 20.9. The van der Waals surface area contributed by atoms with Gasteiger partial charge in [0.05, 0.1) is 13.2 Å². The van der Waals surface area contributed by atoms with Gasteiger partial charge in [0.25, 0.3) is 5.91 Å². The van der Waals surface area contributed by atoms with Gasteiger partial charge in [-0.2, -0.15) is 0 Å². The highest BCUT2D eigenvalue weighted by Gasteiger charge is 2.28. The van der Waals surface area contributed by atoms with Crippen LogP contribution in [0.5, 0.6) is 5.75 Å². The molecule has 37 heavy (non-hydrogen) atoms. The Balaban J connectivity index is 1.37. The number of aromatic nitrogens is 2. The second-order valence-corrected chi connectivity index (χ2v) is 10.3. The summed E-state index contributed by atoms with van der Waals surface area (Å²) >= 11 is 5.87. The number of aliphatic hydroxyl groups is 2. The smallest absolute Gasteiger partial charge is 0.279 e. The molecular formula is C25H35ClN6O5. The van der Waals surface area contributed by atoms with E-state index in [9.17, 15) is 9.90 Å². The number of nitrogens with two attached hydrogens (primary N) is 2. The van der Waals surface area contributed by atoms with Gasteiger partial charge in [-0.25, -0.2) is 9.97 Å². The van der Waals surface area contributed by atoms with Gasteiger partial charge in [-0.05, 0) is 41.9 Å². The Labute approximate surface area is 221 Å². The molecule has 0 radical (unpaired) electrons. The summed E-state index contributed by atoms with van der Waals surface area (Å²) in [7, 11) is 0. The normalized spacial score (nSPS) is 16.4. The summed E-state index contributed by atoms with van der Waals surface area (Å²) in [5.41, 5.74) is 12.3. The largest absolute Gasteiger partial charge is 0.491 e. The number of hydrogen-bond donors (Lipinski definition) is 5. The average molecular weight is 535 g/mol. The number of carbonyl (C=O) groups excluding carboxylic acids is 1. The van der Waals surface area contributed by atoms with E-state index in [1.54, 1.807) is 0 Å². The maximum absolute atomic E-state index is 12.5. The van der Waals surface area contributed by atoms with Crippen LogP contribution in [0, 0.1) is 11.3 Å². The molecule has 2 heterocycles. The monoisotopic (exact) mass is 534 g/mol. The fourth-order valence-corrected chi connectivity index (χ4v) is 4.14. The number of rotatable bonds is 12. The molecule has 0 unspecified atom stereocenters. The van der Waals surface area contributed by atoms with E-state index in [2.05, 4.69) is 34.1 Å². The molecule has 1 amide bonds. The zero-order valence-corrected chi connectivity index (χ0v) is 21.9. The SMILES string of the molecule is CC(C)(CCOCc1ccc(OC[C@@H](O)CO)cc1)C[C@H]1CN=C(NC(=O)c2nc(Cl)c(N)nc2N)C1. The van der Waals surface area contributed by atoms with Crippen LogP contribution in [0.1, 0.15) is 49.2 Å². The quantitative estimate of drug-likeness (QED) is 0.255. The van der Waals surface area contributed by atoms with Crippen LogP contribution in [-0.2, 0) is 11.3 Å². The van der Waals surface area contributed by atoms with Crippen molar-refractivity contribution in [3.05, 3.63) is 40.7 Å². The molecule has 0 saturated heterocycles. The summed E-state index contributed by atoms with van der Waals surface area (Å²) in [6.07, 6.45) is 1.56. The van der Waals surface area contributed by atoms with Crippen molar-refractivity contribution in [2.45, 2.75) is 45.8 Å². The lowest BCUT2D eigenvalue weighted by molar-refractivity contribution is 0.0535. The Morgan fingerprint density at radius 3 is 2.68 bits per heavy atom. The van der Waals surface area contributed by atoms with E-state index in [1.165, 1.54) is 0 Å². The second-order valence-electron chi connectivity index (χ2n) is 9.91. The highest BCUT2D eigenvalue weighted by molar-refractivity contribution is 6.31. The summed E-state index contributed by atoms with van der Waals surface area (Å²) in [4.78, 5) is 24.8. The number of halogens is 1. The first kappa shape index (κ1) is 28.6. The highest BCUT2D eigenvalue weighted by atomic mass is 35.5. The molecule has 1 aliphatic heterocycles. The average Bonchev–Trinajstić information content (AvgIpc) is 3.28. The minimum Gasteiger partial charge on any atom is -0.491 e. The van der Waals surface area contributed by atoms with Crippen LogP contribution < -0.4 is 21.5 Å². The number of anilines is 2. The number of amidine groups is 1. The molecule has 0 bridgehead atoms. The molecular weight excluding hydrogens is 500 g/mol. The molecule has 1 aliphatic rings. The molecule has 202 valence electrons. The summed E-state index contributed by atoms with van der Waals surface area (Å²) in [6.45, 7) is 5.84. The predicted octanol–water partition coefficient (Wildman–Crippen LogP) is 2.20. The zero-order valence-electron chi connectivity index (χ0n) is 21.1. The molecule has 1 aromatic carbocycles. The van der Waals surface area contributed by atoms with E-state index in [4.69, 9.17) is 37.6 Å². The van der Waals surface area contributed by atoms with Gasteiger partial charge in [-0.3, -0.25) is 9.79 Å². The Hall–Kier alpha value is -2.99. The highest BCUT2D eigenvalue weighted by Crippen LogP contribution is 2.33. The number of aliphatic hydroxyl groups excluding tert-OH is 2. The molecule has 12 heteroatoms. The van der Waals surface area contributed by atoms with Crippen LogP contribution in [0.3, 0.4) is 0 Å². The Morgan fingerprint density at radius 1 is 1.24 bits per heavy atom. The van der Waals surface area contributed by atoms with Gasteiger partial charge >= 0.3 is 0 Å². The van der Waals surface area contributed by atoms with E-state index in [-0.39, 0.29) is 41.1 Å². The van der Waals surface area contributed by atoms with Crippen molar-refractivity contribution in [1.82, 2.24) is 15.3 Å². The third-order valence-corrected chi connectivity index (χ3v) is 6.29. The lowest BCUT2D eigenvalue weighted by Gasteiger charge is -2.27. The summed E-state index contributed by atoms with van der Waals surface area (Å²) in [6, 6.07) is 7.45. The van der Waals surface area contributed by atoms with Gasteiger partial charge in [-0.15, -0.1) is 0 Å². The first-order valence-electron chi connectivity index (χ1n) is 12.1. The standard InChI is InChI=1S/C25H35ClN6O5/c1-25(2,7-8-36-13-15-3-5-18(6-4-15)37-14-17(34)12-33)10-16-9-19(29-11-16)30-24(35)20-22(27)32-23(28)21(26)31-20/h3-6,16-17,33-34H,7-14H2,1-2H3,(H4,27,28,32)(H,29,30,35)/t16-,17-/m0/s1. The first-order valence-corrected chi connectivity index (χ1v) is 12.5. The molecule has 0 aliphatic carbocycles. The van der Waals surface area contributed by atoms with Crippen molar-refractivity contribution >= 4 is 35.0 Å². The topological polar surface area (TPSA) is 178 Å². The van der Waals surface area contributed by atoms with Gasteiger partial charge < -0.3 is 36.5 Å². The summed E-state index contributed by atoms with van der Waals surface area (Å²) in [5.74, 6) is 0.897. The fourth-order valence-electron chi connectivity index (χ4n) is 4.02. The van der Waals surface area contributed by atoms with E-state index in [0.29, 0.717) is 43.7 Å². The van der Waals surface area contributed by atoms with Gasteiger partial charge in [0.2, 0.25) is 0 Å². The zero-order chi connectivity index (χ0) is 27.0. The van der Waals surface area contributed by atoms with E-state index in [1.807, 2.05) is 24.3 Å². The molecule has 2 aromatic rings. The van der Waals surface area contributed by atoms with Crippen LogP contribution >= 0.6 is 11.6 Å². The maximum atomic E-state index is 12.5. The lowest BCUT2D eigenvalue weighted by atomic mass is 9.79. The summed E-state index contributed by atoms with van der Waals surface area (Å²) < 4.78 is 11.3. The van der Waals surface area contributed by atoms with Crippen molar-refractivity contribution in [2.24, 2.45) is 16.3 Å². The molecule has 7 N–H and O–H groups in total. The molecule has 3 rings (SSSR count). The number of hydrogen-bond acceptors (Lipinski definition) is 10. The number of benzene rings is 1. The van der Waals surface area contributed by atoms with Crippen molar-refractivity contribution in [3.63, 3.8) is 0 Å². The van der Waals surface area contributed by atoms with Crippen LogP contribution in [0.2, 0.25) is 5.15 Å². The van der Waals surface area contributed by atoms with Gasteiger partial charge in [0.15, 0.2) is 22.5 Å². The maximum Gasteiger partial charge on any atom is 0.279 e. The number of nitrogen functional groups attached to an aromatic ring is 2. The Bertz CT molecular complexity index is 1100. The lowest BCUT2D eigenvalue weighted by Crippen LogP contribution is -2.32. The van der Waals surface area contributed by atoms with Crippen molar-refractivity contribution in [3.8, 4) is 5.75 Å².